The van der Waals surface area contributed by atoms with Gasteiger partial charge in [0.2, 0.25) is 5.91 Å². The smallest absolute Gasteiger partial charge is 0.311 e. The van der Waals surface area contributed by atoms with Crippen molar-refractivity contribution in [1.82, 2.24) is 19.1 Å². The molecule has 3 aromatic heterocycles. The van der Waals surface area contributed by atoms with E-state index in [1.165, 1.54) is 34.7 Å². The van der Waals surface area contributed by atoms with Crippen molar-refractivity contribution in [1.29, 1.82) is 0 Å². The Hall–Kier alpha value is -3.24. The number of carbonyl (C=O) groups is 1. The molecular formula is C22H19N5O3S2. The summed E-state index contributed by atoms with van der Waals surface area (Å²) in [6.45, 7) is 0.639. The van der Waals surface area contributed by atoms with Crippen LogP contribution in [0.25, 0.3) is 21.7 Å². The molecule has 0 N–H and O–H groups in total. The van der Waals surface area contributed by atoms with E-state index in [0.29, 0.717) is 17.4 Å². The maximum Gasteiger partial charge on any atom is 0.332 e. The number of para-hydroxylation sites is 1. The first-order valence-electron chi connectivity index (χ1n) is 9.98. The van der Waals surface area contributed by atoms with Gasteiger partial charge in [0.05, 0.1) is 10.6 Å². The predicted octanol–water partition coefficient (Wildman–Crippen LogP) is 2.44. The van der Waals surface area contributed by atoms with Crippen LogP contribution >= 0.6 is 23.1 Å². The van der Waals surface area contributed by atoms with E-state index in [0.717, 1.165) is 27.1 Å². The lowest BCUT2D eigenvalue weighted by Gasteiger charge is -2.17. The summed E-state index contributed by atoms with van der Waals surface area (Å²) in [5.41, 5.74) is 1.42. The summed E-state index contributed by atoms with van der Waals surface area (Å²) in [5.74, 6) is 0.499. The molecular weight excluding hydrogens is 446 g/mol. The summed E-state index contributed by atoms with van der Waals surface area (Å²) in [4.78, 5) is 50.2. The number of thioether (sulfide) groups is 1. The van der Waals surface area contributed by atoms with Gasteiger partial charge in [0, 0.05) is 26.3 Å². The lowest BCUT2D eigenvalue weighted by Crippen LogP contribution is -2.37. The number of benzene rings is 1. The molecule has 1 aliphatic heterocycles. The minimum absolute atomic E-state index is 0.0500. The van der Waals surface area contributed by atoms with Gasteiger partial charge in [0.15, 0.2) is 11.5 Å². The molecule has 162 valence electrons. The quantitative estimate of drug-likeness (QED) is 0.340. The Labute approximate surface area is 191 Å². The topological polar surface area (TPSA) is 90.1 Å². The van der Waals surface area contributed by atoms with Gasteiger partial charge < -0.3 is 4.90 Å². The predicted molar refractivity (Wildman–Crippen MR) is 127 cm³/mol. The maximum absolute atomic E-state index is 13.0. The zero-order valence-corrected chi connectivity index (χ0v) is 19.1. The normalized spacial score (nSPS) is 13.0. The molecule has 0 atom stereocenters. The Balaban J connectivity index is 1.56. The van der Waals surface area contributed by atoms with Crippen LogP contribution in [0.3, 0.4) is 0 Å². The zero-order chi connectivity index (χ0) is 22.4. The van der Waals surface area contributed by atoms with Gasteiger partial charge in [0.1, 0.15) is 10.4 Å². The van der Waals surface area contributed by atoms with Crippen molar-refractivity contribution >= 4 is 45.7 Å². The Kier molecular flexibility index (Phi) is 5.18. The van der Waals surface area contributed by atoms with Crippen molar-refractivity contribution in [2.75, 3.05) is 17.2 Å². The molecule has 0 bridgehead atoms. The van der Waals surface area contributed by atoms with Crippen molar-refractivity contribution in [3.8, 4) is 10.7 Å². The Morgan fingerprint density at radius 2 is 1.91 bits per heavy atom. The van der Waals surface area contributed by atoms with Crippen LogP contribution in [0.15, 0.2) is 56.4 Å². The van der Waals surface area contributed by atoms with E-state index >= 15 is 0 Å². The molecule has 8 nitrogen and oxygen atoms in total. The molecule has 32 heavy (non-hydrogen) atoms. The first-order chi connectivity index (χ1) is 15.5. The summed E-state index contributed by atoms with van der Waals surface area (Å²) in [5, 5.41) is 2.55. The SMILES string of the molecule is Cn1c(=O)c2c(SCC(=O)N3CCc4ccccc43)nc(-c3cccs3)nc2n(C)c1=O. The number of fused-ring (bicyclic) bond motifs is 2. The zero-order valence-electron chi connectivity index (χ0n) is 17.4. The monoisotopic (exact) mass is 465 g/mol. The van der Waals surface area contributed by atoms with Crippen LogP contribution in [0, 0.1) is 0 Å². The molecule has 4 aromatic rings. The molecule has 1 amide bonds. The summed E-state index contributed by atoms with van der Waals surface area (Å²) in [7, 11) is 3.01. The van der Waals surface area contributed by atoms with Gasteiger partial charge in [-0.1, -0.05) is 36.0 Å². The summed E-state index contributed by atoms with van der Waals surface area (Å²) in [6.07, 6.45) is 0.828. The number of hydrogen-bond donors (Lipinski definition) is 0. The highest BCUT2D eigenvalue weighted by atomic mass is 32.2. The van der Waals surface area contributed by atoms with E-state index in [-0.39, 0.29) is 22.7 Å². The highest BCUT2D eigenvalue weighted by Gasteiger charge is 2.25. The molecule has 5 rings (SSSR count). The van der Waals surface area contributed by atoms with E-state index < -0.39 is 11.2 Å². The molecule has 0 fully saturated rings. The number of nitrogens with zero attached hydrogens (tertiary/aromatic N) is 5. The standard InChI is InChI=1S/C22H19N5O3S2/c1-25-19-17(21(29)26(2)22(25)30)20(24-18(23-19)15-8-5-11-31-15)32-12-16(28)27-10-9-13-6-3-4-7-14(13)27/h3-8,11H,9-10,12H2,1-2H3. The van der Waals surface area contributed by atoms with E-state index in [9.17, 15) is 14.4 Å². The second-order valence-electron chi connectivity index (χ2n) is 7.45. The molecule has 4 heterocycles. The molecule has 0 aliphatic carbocycles. The average molecular weight is 466 g/mol. The third-order valence-corrected chi connectivity index (χ3v) is 7.35. The van der Waals surface area contributed by atoms with E-state index in [1.807, 2.05) is 41.8 Å². The highest BCUT2D eigenvalue weighted by Crippen LogP contribution is 2.31. The fraction of sp³-hybridized carbons (Fsp3) is 0.227. The number of thiophene rings is 1. The molecule has 10 heteroatoms. The number of anilines is 1. The summed E-state index contributed by atoms with van der Waals surface area (Å²) >= 11 is 2.67. The first kappa shape index (κ1) is 20.7. The Morgan fingerprint density at radius 1 is 1.09 bits per heavy atom. The number of amides is 1. The fourth-order valence-corrected chi connectivity index (χ4v) is 5.40. The lowest BCUT2D eigenvalue weighted by molar-refractivity contribution is -0.116. The van der Waals surface area contributed by atoms with Crippen LogP contribution in [-0.4, -0.2) is 37.3 Å². The van der Waals surface area contributed by atoms with E-state index in [1.54, 1.807) is 11.9 Å². The number of hydrogen-bond acceptors (Lipinski definition) is 7. The van der Waals surface area contributed by atoms with Crippen molar-refractivity contribution in [3.63, 3.8) is 0 Å². The molecule has 0 saturated carbocycles. The molecule has 0 unspecified atom stereocenters. The second-order valence-corrected chi connectivity index (χ2v) is 9.36. The van der Waals surface area contributed by atoms with Crippen LogP contribution in [0.2, 0.25) is 0 Å². The molecule has 0 spiro atoms. The largest absolute Gasteiger partial charge is 0.332 e. The first-order valence-corrected chi connectivity index (χ1v) is 11.8. The van der Waals surface area contributed by atoms with Crippen LogP contribution in [0.4, 0.5) is 5.69 Å². The summed E-state index contributed by atoms with van der Waals surface area (Å²) < 4.78 is 2.39. The fourth-order valence-electron chi connectivity index (χ4n) is 3.85. The van der Waals surface area contributed by atoms with E-state index in [2.05, 4.69) is 9.97 Å². The van der Waals surface area contributed by atoms with Crippen molar-refractivity contribution in [2.24, 2.45) is 14.1 Å². The molecule has 1 aromatic carbocycles. The average Bonchev–Trinajstić information content (AvgIpc) is 3.49. The van der Waals surface area contributed by atoms with E-state index in [4.69, 9.17) is 0 Å². The van der Waals surface area contributed by atoms with Gasteiger partial charge in [-0.15, -0.1) is 11.3 Å². The molecule has 1 aliphatic rings. The number of rotatable bonds is 4. The highest BCUT2D eigenvalue weighted by molar-refractivity contribution is 8.00. The Bertz CT molecular complexity index is 1470. The van der Waals surface area contributed by atoms with Crippen molar-refractivity contribution < 1.29 is 4.79 Å². The minimum atomic E-state index is -0.470. The van der Waals surface area contributed by atoms with Gasteiger partial charge >= 0.3 is 5.69 Å². The number of aryl methyl sites for hydroxylation is 1. The van der Waals surface area contributed by atoms with Crippen LogP contribution < -0.4 is 16.1 Å². The van der Waals surface area contributed by atoms with Crippen LogP contribution in [0.5, 0.6) is 0 Å². The summed E-state index contributed by atoms with van der Waals surface area (Å²) in [6, 6.07) is 11.6. The van der Waals surface area contributed by atoms with Crippen LogP contribution in [-0.2, 0) is 25.3 Å². The minimum Gasteiger partial charge on any atom is -0.311 e. The van der Waals surface area contributed by atoms with Gasteiger partial charge in [-0.2, -0.15) is 0 Å². The van der Waals surface area contributed by atoms with Crippen LogP contribution in [0.1, 0.15) is 5.56 Å². The molecule has 0 saturated heterocycles. The number of aromatic nitrogens is 4. The third-order valence-electron chi connectivity index (χ3n) is 5.53. The van der Waals surface area contributed by atoms with Gasteiger partial charge in [-0.25, -0.2) is 14.8 Å². The molecule has 0 radical (unpaired) electrons. The second kappa shape index (κ2) is 8.03. The Morgan fingerprint density at radius 3 is 2.69 bits per heavy atom. The van der Waals surface area contributed by atoms with Gasteiger partial charge in [-0.3, -0.25) is 18.7 Å². The third kappa shape index (κ3) is 3.35. The van der Waals surface area contributed by atoms with Gasteiger partial charge in [0.25, 0.3) is 5.56 Å². The number of carbonyl (C=O) groups excluding carboxylic acids is 1. The maximum atomic E-state index is 13.0. The lowest BCUT2D eigenvalue weighted by atomic mass is 10.2. The van der Waals surface area contributed by atoms with Crippen molar-refractivity contribution in [3.05, 3.63) is 68.2 Å². The van der Waals surface area contributed by atoms with Gasteiger partial charge in [-0.05, 0) is 29.5 Å². The van der Waals surface area contributed by atoms with Crippen molar-refractivity contribution in [2.45, 2.75) is 11.4 Å².